The van der Waals surface area contributed by atoms with Gasteiger partial charge in [-0.05, 0) is 6.42 Å². The molecular formula is C12H17Cl6NO3. The van der Waals surface area contributed by atoms with E-state index in [-0.39, 0.29) is 12.8 Å². The van der Waals surface area contributed by atoms with E-state index in [4.69, 9.17) is 69.6 Å². The van der Waals surface area contributed by atoms with Gasteiger partial charge in [-0.25, -0.2) is 4.79 Å². The van der Waals surface area contributed by atoms with Crippen LogP contribution in [0.25, 0.3) is 0 Å². The molecule has 0 aliphatic heterocycles. The first-order valence-electron chi connectivity index (χ1n) is 6.29. The van der Waals surface area contributed by atoms with Gasteiger partial charge in [0.15, 0.2) is 7.59 Å². The molecule has 0 spiro atoms. The highest BCUT2D eigenvalue weighted by atomic mass is 35.6. The van der Waals surface area contributed by atoms with Gasteiger partial charge in [-0.15, -0.1) is 0 Å². The number of rotatable bonds is 6. The topological polar surface area (TPSA) is 57.6 Å². The van der Waals surface area contributed by atoms with E-state index < -0.39 is 37.3 Å². The maximum absolute atomic E-state index is 12.2. The summed E-state index contributed by atoms with van der Waals surface area (Å²) in [5, 5.41) is 9.30. The lowest BCUT2D eigenvalue weighted by atomic mass is 10.0. The Hall–Kier alpha value is 0.680. The van der Waals surface area contributed by atoms with Crippen LogP contribution in [0.2, 0.25) is 0 Å². The molecular weight excluding hydrogens is 419 g/mol. The second-order valence-electron chi connectivity index (χ2n) is 5.18. The number of aliphatic carboxylic acids is 1. The van der Waals surface area contributed by atoms with Gasteiger partial charge in [0.05, 0.1) is 0 Å². The van der Waals surface area contributed by atoms with Crippen molar-refractivity contribution < 1.29 is 14.7 Å². The molecule has 1 amide bonds. The molecule has 0 aliphatic carbocycles. The molecule has 0 heterocycles. The molecule has 0 aromatic rings. The molecule has 3 atom stereocenters. The number of hydrogen-bond acceptors (Lipinski definition) is 2. The van der Waals surface area contributed by atoms with Gasteiger partial charge in [-0.2, -0.15) is 0 Å². The Morgan fingerprint density at radius 3 is 1.73 bits per heavy atom. The summed E-state index contributed by atoms with van der Waals surface area (Å²) in [6, 6.07) is -1.14. The van der Waals surface area contributed by atoms with Crippen molar-refractivity contribution in [2.24, 2.45) is 11.8 Å². The van der Waals surface area contributed by atoms with E-state index in [2.05, 4.69) is 0 Å². The first-order valence-corrected chi connectivity index (χ1v) is 8.56. The molecule has 130 valence electrons. The fourth-order valence-electron chi connectivity index (χ4n) is 1.59. The van der Waals surface area contributed by atoms with Gasteiger partial charge in [0.2, 0.25) is 5.91 Å². The highest BCUT2D eigenvalue weighted by molar-refractivity contribution is 6.68. The molecule has 0 rings (SSSR count). The highest BCUT2D eigenvalue weighted by Gasteiger charge is 2.37. The van der Waals surface area contributed by atoms with Crippen molar-refractivity contribution in [1.29, 1.82) is 0 Å². The minimum Gasteiger partial charge on any atom is -0.480 e. The van der Waals surface area contributed by atoms with Gasteiger partial charge < -0.3 is 10.0 Å². The fraction of sp³-hybridized carbons (Fsp3) is 0.833. The summed E-state index contributed by atoms with van der Waals surface area (Å²) in [5.74, 6) is -2.81. The van der Waals surface area contributed by atoms with E-state index in [0.717, 1.165) is 4.90 Å². The second-order valence-corrected chi connectivity index (χ2v) is 9.92. The Labute approximate surface area is 159 Å². The van der Waals surface area contributed by atoms with Gasteiger partial charge in [-0.3, -0.25) is 4.79 Å². The van der Waals surface area contributed by atoms with Crippen molar-refractivity contribution in [3.63, 3.8) is 0 Å². The van der Waals surface area contributed by atoms with Crippen LogP contribution in [0, 0.1) is 11.8 Å². The minimum atomic E-state index is -1.62. The van der Waals surface area contributed by atoms with Crippen LogP contribution in [0.4, 0.5) is 0 Å². The van der Waals surface area contributed by atoms with E-state index >= 15 is 0 Å². The van der Waals surface area contributed by atoms with Gasteiger partial charge >= 0.3 is 5.97 Å². The number of carbonyl (C=O) groups is 2. The van der Waals surface area contributed by atoms with Crippen LogP contribution in [0.3, 0.4) is 0 Å². The summed E-state index contributed by atoms with van der Waals surface area (Å²) < 4.78 is -3.23. The molecule has 0 bridgehead atoms. The maximum atomic E-state index is 12.2. The quantitative estimate of drug-likeness (QED) is 0.615. The number of amides is 1. The summed E-state index contributed by atoms with van der Waals surface area (Å²) in [5.41, 5.74) is 0. The zero-order chi connectivity index (χ0) is 17.9. The van der Waals surface area contributed by atoms with Gasteiger partial charge in [0.25, 0.3) is 0 Å². The third-order valence-corrected chi connectivity index (χ3v) is 5.56. The van der Waals surface area contributed by atoms with Crippen LogP contribution in [-0.2, 0) is 9.59 Å². The highest BCUT2D eigenvalue weighted by Crippen LogP contribution is 2.39. The summed E-state index contributed by atoms with van der Waals surface area (Å²) in [6.45, 7) is 3.17. The zero-order valence-corrected chi connectivity index (χ0v) is 16.7. The monoisotopic (exact) mass is 433 g/mol. The average Bonchev–Trinajstić information content (AvgIpc) is 2.31. The van der Waals surface area contributed by atoms with E-state index in [9.17, 15) is 14.7 Å². The maximum Gasteiger partial charge on any atom is 0.326 e. The lowest BCUT2D eigenvalue weighted by Gasteiger charge is -2.31. The predicted molar refractivity (Wildman–Crippen MR) is 92.3 cm³/mol. The number of hydrogen-bond donors (Lipinski definition) is 1. The molecule has 0 aliphatic rings. The molecule has 22 heavy (non-hydrogen) atoms. The zero-order valence-electron chi connectivity index (χ0n) is 12.1. The number of alkyl halides is 6. The third-order valence-electron chi connectivity index (χ3n) is 3.32. The van der Waals surface area contributed by atoms with Gasteiger partial charge in [0, 0.05) is 25.3 Å². The number of halogens is 6. The van der Waals surface area contributed by atoms with E-state index in [1.807, 2.05) is 0 Å². The van der Waals surface area contributed by atoms with Crippen molar-refractivity contribution in [3.8, 4) is 0 Å². The van der Waals surface area contributed by atoms with E-state index in [1.165, 1.54) is 7.05 Å². The first kappa shape index (κ1) is 22.7. The summed E-state index contributed by atoms with van der Waals surface area (Å²) in [4.78, 5) is 24.6. The summed E-state index contributed by atoms with van der Waals surface area (Å²) in [7, 11) is 1.36. The predicted octanol–water partition coefficient (Wildman–Crippen LogP) is 4.69. The Morgan fingerprint density at radius 1 is 1.00 bits per heavy atom. The molecule has 0 radical (unpaired) electrons. The molecule has 0 aromatic heterocycles. The second kappa shape index (κ2) is 8.68. The lowest BCUT2D eigenvalue weighted by Crippen LogP contribution is -2.45. The number of carboxylic acids is 1. The SMILES string of the molecule is CC(CC(=O)N(C)C(CC(C)C(Cl)(Cl)Cl)C(=O)O)C(Cl)(Cl)Cl. The number of likely N-dealkylation sites (N-methyl/N-ethyl adjacent to an activating group) is 1. The van der Waals surface area contributed by atoms with Crippen LogP contribution < -0.4 is 0 Å². The fourth-order valence-corrected chi connectivity index (χ4v) is 2.09. The molecule has 0 aromatic carbocycles. The van der Waals surface area contributed by atoms with Crippen molar-refractivity contribution in [2.75, 3.05) is 7.05 Å². The smallest absolute Gasteiger partial charge is 0.326 e. The van der Waals surface area contributed by atoms with Crippen LogP contribution in [0.15, 0.2) is 0 Å². The Bertz CT molecular complexity index is 407. The molecule has 4 nitrogen and oxygen atoms in total. The molecule has 0 saturated heterocycles. The van der Waals surface area contributed by atoms with Crippen molar-refractivity contribution in [2.45, 2.75) is 40.3 Å². The van der Waals surface area contributed by atoms with Crippen LogP contribution in [-0.4, -0.2) is 42.6 Å². The minimum absolute atomic E-state index is 0.0176. The summed E-state index contributed by atoms with van der Waals surface area (Å²) in [6.07, 6.45) is -0.130. The average molecular weight is 436 g/mol. The van der Waals surface area contributed by atoms with Crippen molar-refractivity contribution in [3.05, 3.63) is 0 Å². The number of carbonyl (C=O) groups excluding carboxylic acids is 1. The molecule has 1 N–H and O–H groups in total. The molecule has 10 heteroatoms. The van der Waals surface area contributed by atoms with Crippen LogP contribution in [0.1, 0.15) is 26.7 Å². The largest absolute Gasteiger partial charge is 0.480 e. The Kier molecular flexibility index (Phi) is 8.95. The normalized spacial score (nSPS) is 16.8. The molecule has 0 fully saturated rings. The summed E-state index contributed by atoms with van der Waals surface area (Å²) >= 11 is 34.4. The third kappa shape index (κ3) is 7.50. The van der Waals surface area contributed by atoms with E-state index in [1.54, 1.807) is 13.8 Å². The molecule has 0 saturated carbocycles. The van der Waals surface area contributed by atoms with Crippen molar-refractivity contribution >= 4 is 81.5 Å². The lowest BCUT2D eigenvalue weighted by molar-refractivity contribution is -0.150. The van der Waals surface area contributed by atoms with Gasteiger partial charge in [-0.1, -0.05) is 83.5 Å². The number of carboxylic acid groups (broad SMARTS) is 1. The standard InChI is InChI=1S/C12H17Cl6NO3/c1-6(11(13,14)15)4-8(10(21)22)19(3)9(20)5-7(2)12(16,17)18/h6-8H,4-5H2,1-3H3,(H,21,22). The van der Waals surface area contributed by atoms with Gasteiger partial charge in [0.1, 0.15) is 6.04 Å². The van der Waals surface area contributed by atoms with Crippen LogP contribution in [0.5, 0.6) is 0 Å². The molecule has 3 unspecified atom stereocenters. The van der Waals surface area contributed by atoms with E-state index in [0.29, 0.717) is 0 Å². The Balaban J connectivity index is 4.97. The van der Waals surface area contributed by atoms with Crippen LogP contribution >= 0.6 is 69.6 Å². The first-order chi connectivity index (χ1) is 9.67. The number of nitrogens with zero attached hydrogens (tertiary/aromatic N) is 1. The Morgan fingerprint density at radius 2 is 1.41 bits per heavy atom. The van der Waals surface area contributed by atoms with Crippen molar-refractivity contribution in [1.82, 2.24) is 4.90 Å².